The summed E-state index contributed by atoms with van der Waals surface area (Å²) in [4.78, 5) is 19.4. The van der Waals surface area contributed by atoms with Gasteiger partial charge in [-0.2, -0.15) is 5.10 Å². The maximum absolute atomic E-state index is 11.8. The third-order valence-electron chi connectivity index (χ3n) is 2.98. The molecule has 7 heteroatoms. The lowest BCUT2D eigenvalue weighted by Crippen LogP contribution is -2.19. The van der Waals surface area contributed by atoms with E-state index < -0.39 is 0 Å². The number of rotatable bonds is 5. The summed E-state index contributed by atoms with van der Waals surface area (Å²) in [6.45, 7) is 0. The summed E-state index contributed by atoms with van der Waals surface area (Å²) in [5.41, 5.74) is 5.28. The van der Waals surface area contributed by atoms with Gasteiger partial charge in [0.1, 0.15) is 0 Å². The van der Waals surface area contributed by atoms with Gasteiger partial charge in [-0.1, -0.05) is 52.0 Å². The highest BCUT2D eigenvalue weighted by Gasteiger charge is 2.06. The van der Waals surface area contributed by atoms with Gasteiger partial charge in [0.25, 0.3) is 5.91 Å². The number of H-pyrrole nitrogens is 1. The number of hydrogen-bond donors (Lipinski definition) is 2. The van der Waals surface area contributed by atoms with E-state index in [0.29, 0.717) is 0 Å². The molecule has 0 fully saturated rings. The SMILES string of the molecule is O=C(CSc1nc2ccccc2[nH]1)NN=Cc1ccc(Br)cc1. The van der Waals surface area contributed by atoms with Crippen molar-refractivity contribution in [2.75, 3.05) is 5.75 Å². The lowest BCUT2D eigenvalue weighted by molar-refractivity contribution is -0.118. The number of nitrogens with one attached hydrogen (secondary N) is 2. The fraction of sp³-hybridized carbons (Fsp3) is 0.0625. The third-order valence-corrected chi connectivity index (χ3v) is 4.38. The molecule has 0 unspecified atom stereocenters. The van der Waals surface area contributed by atoms with Crippen LogP contribution in [0.1, 0.15) is 5.56 Å². The van der Waals surface area contributed by atoms with E-state index in [0.717, 1.165) is 26.2 Å². The van der Waals surface area contributed by atoms with E-state index in [9.17, 15) is 4.79 Å². The van der Waals surface area contributed by atoms with Crippen molar-refractivity contribution in [3.63, 3.8) is 0 Å². The second kappa shape index (κ2) is 7.43. The molecule has 1 amide bonds. The Morgan fingerprint density at radius 2 is 2.04 bits per heavy atom. The Morgan fingerprint density at radius 3 is 2.83 bits per heavy atom. The Balaban J connectivity index is 1.50. The fourth-order valence-corrected chi connectivity index (χ4v) is 2.83. The molecule has 0 radical (unpaired) electrons. The third kappa shape index (κ3) is 4.43. The molecule has 0 aliphatic heterocycles. The zero-order valence-electron chi connectivity index (χ0n) is 12.0. The summed E-state index contributed by atoms with van der Waals surface area (Å²) in [6, 6.07) is 15.4. The smallest absolute Gasteiger partial charge is 0.250 e. The molecule has 0 bridgehead atoms. The van der Waals surface area contributed by atoms with Gasteiger partial charge in [-0.25, -0.2) is 10.4 Å². The van der Waals surface area contributed by atoms with Crippen molar-refractivity contribution in [3.8, 4) is 0 Å². The summed E-state index contributed by atoms with van der Waals surface area (Å²) in [5, 5.41) is 4.66. The average Bonchev–Trinajstić information content (AvgIpc) is 2.98. The van der Waals surface area contributed by atoms with Crippen LogP contribution in [0.5, 0.6) is 0 Å². The highest BCUT2D eigenvalue weighted by molar-refractivity contribution is 9.10. The maximum atomic E-state index is 11.8. The van der Waals surface area contributed by atoms with E-state index in [1.165, 1.54) is 11.8 Å². The Kier molecular flexibility index (Phi) is 5.09. The number of nitrogens with zero attached hydrogens (tertiary/aromatic N) is 2. The first-order valence-electron chi connectivity index (χ1n) is 6.86. The summed E-state index contributed by atoms with van der Waals surface area (Å²) in [6.07, 6.45) is 1.61. The summed E-state index contributed by atoms with van der Waals surface area (Å²) in [5.74, 6) is 0.0705. The number of carbonyl (C=O) groups is 1. The molecule has 1 aromatic heterocycles. The number of halogens is 1. The molecule has 0 saturated heterocycles. The van der Waals surface area contributed by atoms with Crippen molar-refractivity contribution in [3.05, 3.63) is 58.6 Å². The van der Waals surface area contributed by atoms with Crippen LogP contribution in [0.2, 0.25) is 0 Å². The van der Waals surface area contributed by atoms with Crippen LogP contribution in [0.4, 0.5) is 0 Å². The van der Waals surface area contributed by atoms with E-state index in [2.05, 4.69) is 36.4 Å². The van der Waals surface area contributed by atoms with E-state index >= 15 is 0 Å². The number of aromatic amines is 1. The zero-order chi connectivity index (χ0) is 16.1. The summed E-state index contributed by atoms with van der Waals surface area (Å²) in [7, 11) is 0. The number of amides is 1. The topological polar surface area (TPSA) is 70.1 Å². The van der Waals surface area contributed by atoms with Crippen molar-refractivity contribution in [1.29, 1.82) is 0 Å². The van der Waals surface area contributed by atoms with Gasteiger partial charge in [0.15, 0.2) is 5.16 Å². The Morgan fingerprint density at radius 1 is 1.26 bits per heavy atom. The van der Waals surface area contributed by atoms with Crippen molar-refractivity contribution >= 4 is 50.8 Å². The quantitative estimate of drug-likeness (QED) is 0.398. The molecule has 0 aliphatic carbocycles. The number of para-hydroxylation sites is 2. The fourth-order valence-electron chi connectivity index (χ4n) is 1.89. The van der Waals surface area contributed by atoms with Crippen LogP contribution in [0.3, 0.4) is 0 Å². The molecule has 0 saturated carbocycles. The number of thioether (sulfide) groups is 1. The Bertz CT molecular complexity index is 812. The maximum Gasteiger partial charge on any atom is 0.250 e. The van der Waals surface area contributed by atoms with Crippen molar-refractivity contribution in [2.24, 2.45) is 5.10 Å². The number of fused-ring (bicyclic) bond motifs is 1. The molecule has 1 heterocycles. The van der Waals surface area contributed by atoms with Gasteiger partial charge < -0.3 is 4.98 Å². The molecule has 2 aromatic carbocycles. The minimum Gasteiger partial charge on any atom is -0.333 e. The molecular formula is C16H13BrN4OS. The number of aromatic nitrogens is 2. The van der Waals surface area contributed by atoms with E-state index in [4.69, 9.17) is 0 Å². The minimum absolute atomic E-state index is 0.177. The number of hydrazone groups is 1. The molecule has 0 aliphatic rings. The molecule has 2 N–H and O–H groups in total. The van der Waals surface area contributed by atoms with Crippen LogP contribution in [0.15, 0.2) is 63.3 Å². The van der Waals surface area contributed by atoms with Gasteiger partial charge >= 0.3 is 0 Å². The summed E-state index contributed by atoms with van der Waals surface area (Å²) >= 11 is 4.71. The number of imidazole rings is 1. The standard InChI is InChI=1S/C16H13BrN4OS/c17-12-7-5-11(6-8-12)9-18-21-15(22)10-23-16-19-13-3-1-2-4-14(13)20-16/h1-9H,10H2,(H,19,20)(H,21,22). The van der Waals surface area contributed by atoms with Crippen LogP contribution in [-0.2, 0) is 4.79 Å². The highest BCUT2D eigenvalue weighted by atomic mass is 79.9. The second-order valence-corrected chi connectivity index (χ2v) is 6.57. The van der Waals surface area contributed by atoms with Crippen LogP contribution in [0.25, 0.3) is 11.0 Å². The normalized spacial score (nSPS) is 11.2. The highest BCUT2D eigenvalue weighted by Crippen LogP contribution is 2.18. The molecule has 3 rings (SSSR count). The number of hydrogen-bond acceptors (Lipinski definition) is 4. The van der Waals surface area contributed by atoms with Crippen LogP contribution < -0.4 is 5.43 Å². The molecule has 0 spiro atoms. The first-order chi connectivity index (χ1) is 11.2. The molecule has 116 valence electrons. The Hall–Kier alpha value is -2.12. The lowest BCUT2D eigenvalue weighted by atomic mass is 10.2. The number of benzene rings is 2. The van der Waals surface area contributed by atoms with Gasteiger partial charge in [-0.05, 0) is 29.8 Å². The first kappa shape index (κ1) is 15.8. The monoisotopic (exact) mass is 388 g/mol. The molecule has 5 nitrogen and oxygen atoms in total. The van der Waals surface area contributed by atoms with E-state index in [-0.39, 0.29) is 11.7 Å². The second-order valence-electron chi connectivity index (χ2n) is 4.69. The van der Waals surface area contributed by atoms with Gasteiger partial charge in [0.2, 0.25) is 0 Å². The van der Waals surface area contributed by atoms with Crippen LogP contribution in [-0.4, -0.2) is 27.8 Å². The van der Waals surface area contributed by atoms with E-state index in [1.54, 1.807) is 6.21 Å². The zero-order valence-corrected chi connectivity index (χ0v) is 14.4. The first-order valence-corrected chi connectivity index (χ1v) is 8.63. The molecule has 23 heavy (non-hydrogen) atoms. The average molecular weight is 389 g/mol. The van der Waals surface area contributed by atoms with Gasteiger partial charge in [0.05, 0.1) is 23.0 Å². The van der Waals surface area contributed by atoms with Crippen molar-refractivity contribution in [1.82, 2.24) is 15.4 Å². The Labute approximate surface area is 145 Å². The summed E-state index contributed by atoms with van der Waals surface area (Å²) < 4.78 is 1.00. The van der Waals surface area contributed by atoms with Crippen molar-refractivity contribution in [2.45, 2.75) is 5.16 Å². The lowest BCUT2D eigenvalue weighted by Gasteiger charge is -1.98. The predicted octanol–water partition coefficient (Wildman–Crippen LogP) is 3.57. The largest absolute Gasteiger partial charge is 0.333 e. The van der Waals surface area contributed by atoms with Crippen LogP contribution >= 0.6 is 27.7 Å². The molecule has 3 aromatic rings. The predicted molar refractivity (Wildman–Crippen MR) is 96.7 cm³/mol. The molecular weight excluding hydrogens is 376 g/mol. The number of carbonyl (C=O) groups excluding carboxylic acids is 1. The molecule has 0 atom stereocenters. The van der Waals surface area contributed by atoms with Gasteiger partial charge in [0, 0.05) is 4.47 Å². The van der Waals surface area contributed by atoms with Crippen LogP contribution in [0, 0.1) is 0 Å². The van der Waals surface area contributed by atoms with Gasteiger partial charge in [-0.3, -0.25) is 4.79 Å². The van der Waals surface area contributed by atoms with Gasteiger partial charge in [-0.15, -0.1) is 0 Å². The van der Waals surface area contributed by atoms with Crippen molar-refractivity contribution < 1.29 is 4.79 Å². The van der Waals surface area contributed by atoms with E-state index in [1.807, 2.05) is 48.5 Å². The minimum atomic E-state index is -0.177.